The van der Waals surface area contributed by atoms with E-state index in [9.17, 15) is 0 Å². The Hall–Kier alpha value is -0.610. The second-order valence-corrected chi connectivity index (χ2v) is 4.00. The minimum absolute atomic E-state index is 0.0934. The van der Waals surface area contributed by atoms with Crippen LogP contribution in [0.15, 0.2) is 5.38 Å². The Morgan fingerprint density at radius 1 is 1.73 bits per heavy atom. The highest BCUT2D eigenvalue weighted by Crippen LogP contribution is 2.24. The molecule has 0 saturated heterocycles. The number of hydrogen-bond acceptors (Lipinski definition) is 4. The molecule has 4 heteroatoms. The van der Waals surface area contributed by atoms with Crippen molar-refractivity contribution in [1.29, 1.82) is 0 Å². The van der Waals surface area contributed by atoms with Crippen molar-refractivity contribution < 1.29 is 5.11 Å². The van der Waals surface area contributed by atoms with Gasteiger partial charge in [-0.25, -0.2) is 4.98 Å². The lowest BCUT2D eigenvalue weighted by atomic mass is 9.92. The molecule has 0 saturated carbocycles. The van der Waals surface area contributed by atoms with Crippen LogP contribution in [-0.2, 0) is 5.41 Å². The zero-order chi connectivity index (χ0) is 8.48. The van der Waals surface area contributed by atoms with Gasteiger partial charge < -0.3 is 10.8 Å². The van der Waals surface area contributed by atoms with Crippen molar-refractivity contribution in [3.8, 4) is 0 Å². The van der Waals surface area contributed by atoms with Gasteiger partial charge >= 0.3 is 0 Å². The SMILES string of the molecule is CC(C)(CO)c1csc(N)n1. The summed E-state index contributed by atoms with van der Waals surface area (Å²) in [5.41, 5.74) is 6.05. The van der Waals surface area contributed by atoms with Crippen molar-refractivity contribution >= 4 is 16.5 Å². The summed E-state index contributed by atoms with van der Waals surface area (Å²) in [5.74, 6) is 0. The molecule has 0 fully saturated rings. The highest BCUT2D eigenvalue weighted by atomic mass is 32.1. The lowest BCUT2D eigenvalue weighted by Crippen LogP contribution is -2.22. The largest absolute Gasteiger partial charge is 0.395 e. The van der Waals surface area contributed by atoms with Crippen molar-refractivity contribution in [2.45, 2.75) is 19.3 Å². The lowest BCUT2D eigenvalue weighted by molar-refractivity contribution is 0.216. The zero-order valence-electron chi connectivity index (χ0n) is 6.66. The van der Waals surface area contributed by atoms with Crippen molar-refractivity contribution in [2.24, 2.45) is 0 Å². The number of thiazole rings is 1. The van der Waals surface area contributed by atoms with Gasteiger partial charge in [0.05, 0.1) is 12.3 Å². The van der Waals surface area contributed by atoms with Gasteiger partial charge in [-0.3, -0.25) is 0 Å². The van der Waals surface area contributed by atoms with E-state index in [2.05, 4.69) is 4.98 Å². The molecule has 0 spiro atoms. The van der Waals surface area contributed by atoms with Crippen LogP contribution in [0.4, 0.5) is 5.13 Å². The average molecular weight is 172 g/mol. The van der Waals surface area contributed by atoms with E-state index in [0.29, 0.717) is 5.13 Å². The molecule has 3 N–H and O–H groups in total. The molecule has 0 bridgehead atoms. The fourth-order valence-corrected chi connectivity index (χ4v) is 1.43. The number of nitrogens with two attached hydrogens (primary N) is 1. The Morgan fingerprint density at radius 2 is 2.36 bits per heavy atom. The molecule has 62 valence electrons. The minimum atomic E-state index is -0.270. The predicted octanol–water partition coefficient (Wildman–Crippen LogP) is 0.995. The van der Waals surface area contributed by atoms with Crippen LogP contribution in [0.25, 0.3) is 0 Å². The number of hydrogen-bond donors (Lipinski definition) is 2. The number of anilines is 1. The minimum Gasteiger partial charge on any atom is -0.395 e. The molecule has 3 nitrogen and oxygen atoms in total. The van der Waals surface area contributed by atoms with E-state index in [1.165, 1.54) is 11.3 Å². The van der Waals surface area contributed by atoms with Gasteiger partial charge in [0.25, 0.3) is 0 Å². The Kier molecular flexibility index (Phi) is 2.15. The molecule has 0 radical (unpaired) electrons. The summed E-state index contributed by atoms with van der Waals surface area (Å²) in [4.78, 5) is 4.09. The standard InChI is InChI=1S/C7H12N2OS/c1-7(2,4-10)5-3-11-6(8)9-5/h3,10H,4H2,1-2H3,(H2,8,9). The van der Waals surface area contributed by atoms with E-state index in [4.69, 9.17) is 10.8 Å². The summed E-state index contributed by atoms with van der Waals surface area (Å²) in [6.45, 7) is 3.96. The van der Waals surface area contributed by atoms with Gasteiger partial charge in [0.1, 0.15) is 0 Å². The highest BCUT2D eigenvalue weighted by Gasteiger charge is 2.21. The molecule has 0 unspecified atom stereocenters. The van der Waals surface area contributed by atoms with Gasteiger partial charge in [-0.1, -0.05) is 13.8 Å². The second-order valence-electron chi connectivity index (χ2n) is 3.11. The maximum atomic E-state index is 8.98. The van der Waals surface area contributed by atoms with Crippen LogP contribution in [0.2, 0.25) is 0 Å². The number of nitrogens with zero attached hydrogens (tertiary/aromatic N) is 1. The van der Waals surface area contributed by atoms with E-state index >= 15 is 0 Å². The number of aliphatic hydroxyl groups is 1. The van der Waals surface area contributed by atoms with Crippen LogP contribution >= 0.6 is 11.3 Å². The zero-order valence-corrected chi connectivity index (χ0v) is 7.48. The molecule has 0 atom stereocenters. The monoisotopic (exact) mass is 172 g/mol. The summed E-state index contributed by atoms with van der Waals surface area (Å²) < 4.78 is 0. The second kappa shape index (κ2) is 2.79. The smallest absolute Gasteiger partial charge is 0.180 e. The predicted molar refractivity (Wildman–Crippen MR) is 46.6 cm³/mol. The van der Waals surface area contributed by atoms with Gasteiger partial charge in [0.2, 0.25) is 0 Å². The van der Waals surface area contributed by atoms with Crippen molar-refractivity contribution in [3.63, 3.8) is 0 Å². The lowest BCUT2D eigenvalue weighted by Gasteiger charge is -2.17. The Morgan fingerprint density at radius 3 is 2.73 bits per heavy atom. The van der Waals surface area contributed by atoms with Crippen molar-refractivity contribution in [2.75, 3.05) is 12.3 Å². The third-order valence-electron chi connectivity index (χ3n) is 1.61. The number of aliphatic hydroxyl groups excluding tert-OH is 1. The van der Waals surface area contributed by atoms with Gasteiger partial charge in [0, 0.05) is 10.8 Å². The summed E-state index contributed by atoms with van der Waals surface area (Å²) in [7, 11) is 0. The topological polar surface area (TPSA) is 59.1 Å². The number of aromatic nitrogens is 1. The van der Waals surface area contributed by atoms with Gasteiger partial charge in [-0.15, -0.1) is 11.3 Å². The molecule has 1 heterocycles. The van der Waals surface area contributed by atoms with Gasteiger partial charge in [-0.05, 0) is 0 Å². The first-order valence-corrected chi connectivity index (χ1v) is 4.26. The fraction of sp³-hybridized carbons (Fsp3) is 0.571. The Bertz CT molecular complexity index is 244. The van der Waals surface area contributed by atoms with Crippen LogP contribution in [0.5, 0.6) is 0 Å². The first-order chi connectivity index (χ1) is 5.06. The molecule has 1 aromatic heterocycles. The average Bonchev–Trinajstić information content (AvgIpc) is 2.36. The normalized spacial score (nSPS) is 11.9. The van der Waals surface area contributed by atoms with Crippen molar-refractivity contribution in [3.05, 3.63) is 11.1 Å². The molecule has 0 amide bonds. The molecular weight excluding hydrogens is 160 g/mol. The van der Waals surface area contributed by atoms with Crippen molar-refractivity contribution in [1.82, 2.24) is 4.98 Å². The fourth-order valence-electron chi connectivity index (χ4n) is 0.679. The Labute approximate surface area is 69.9 Å². The summed E-state index contributed by atoms with van der Waals surface area (Å²) in [5, 5.41) is 11.4. The first-order valence-electron chi connectivity index (χ1n) is 3.38. The quantitative estimate of drug-likeness (QED) is 0.699. The molecule has 0 aromatic carbocycles. The molecular formula is C7H12N2OS. The summed E-state index contributed by atoms with van der Waals surface area (Å²) >= 11 is 1.40. The van der Waals surface area contributed by atoms with E-state index in [-0.39, 0.29) is 12.0 Å². The van der Waals surface area contributed by atoms with Crippen LogP contribution in [0, 0.1) is 0 Å². The molecule has 11 heavy (non-hydrogen) atoms. The van der Waals surface area contributed by atoms with Crippen LogP contribution < -0.4 is 5.73 Å². The molecule has 0 aliphatic heterocycles. The number of nitrogen functional groups attached to an aromatic ring is 1. The molecule has 0 aliphatic carbocycles. The third kappa shape index (κ3) is 1.70. The van der Waals surface area contributed by atoms with Crippen LogP contribution in [-0.4, -0.2) is 16.7 Å². The number of rotatable bonds is 2. The third-order valence-corrected chi connectivity index (χ3v) is 2.28. The maximum absolute atomic E-state index is 8.98. The van der Waals surface area contributed by atoms with Crippen LogP contribution in [0.1, 0.15) is 19.5 Å². The summed E-state index contributed by atoms with van der Waals surface area (Å²) in [6.07, 6.45) is 0. The van der Waals surface area contributed by atoms with Crippen LogP contribution in [0.3, 0.4) is 0 Å². The van der Waals surface area contributed by atoms with Gasteiger partial charge in [-0.2, -0.15) is 0 Å². The van der Waals surface area contributed by atoms with E-state index in [1.807, 2.05) is 19.2 Å². The first kappa shape index (κ1) is 8.49. The van der Waals surface area contributed by atoms with E-state index in [0.717, 1.165) is 5.69 Å². The van der Waals surface area contributed by atoms with Gasteiger partial charge in [0.15, 0.2) is 5.13 Å². The molecule has 0 aliphatic rings. The molecule has 1 aromatic rings. The summed E-state index contributed by atoms with van der Waals surface area (Å²) in [6, 6.07) is 0. The highest BCUT2D eigenvalue weighted by molar-refractivity contribution is 7.13. The van der Waals surface area contributed by atoms with E-state index < -0.39 is 0 Å². The maximum Gasteiger partial charge on any atom is 0.180 e. The van der Waals surface area contributed by atoms with E-state index in [1.54, 1.807) is 0 Å². The Balaban J connectivity index is 2.92. The molecule has 1 rings (SSSR count).